The Morgan fingerprint density at radius 3 is 2.71 bits per heavy atom. The Labute approximate surface area is 139 Å². The molecular formula is C19H18N4O. The predicted octanol–water partition coefficient (Wildman–Crippen LogP) is 3.25. The highest BCUT2D eigenvalue weighted by Crippen LogP contribution is 2.15. The summed E-state index contributed by atoms with van der Waals surface area (Å²) in [5.41, 5.74) is 5.64. The van der Waals surface area contributed by atoms with E-state index in [0.29, 0.717) is 12.4 Å². The maximum absolute atomic E-state index is 12.8. The lowest BCUT2D eigenvalue weighted by Crippen LogP contribution is -2.18. The second kappa shape index (κ2) is 5.53. The predicted molar refractivity (Wildman–Crippen MR) is 94.8 cm³/mol. The van der Waals surface area contributed by atoms with Crippen LogP contribution in [-0.4, -0.2) is 19.7 Å². The van der Waals surface area contributed by atoms with Gasteiger partial charge in [0, 0.05) is 17.7 Å². The van der Waals surface area contributed by atoms with Crippen LogP contribution >= 0.6 is 0 Å². The fourth-order valence-corrected chi connectivity index (χ4v) is 3.01. The molecule has 5 nitrogen and oxygen atoms in total. The van der Waals surface area contributed by atoms with Crippen molar-refractivity contribution >= 4 is 11.0 Å². The summed E-state index contributed by atoms with van der Waals surface area (Å²) in [6, 6.07) is 16.0. The molecule has 4 rings (SSSR count). The van der Waals surface area contributed by atoms with Gasteiger partial charge in [-0.15, -0.1) is 0 Å². The highest BCUT2D eigenvalue weighted by atomic mass is 16.1. The molecule has 4 aromatic rings. The van der Waals surface area contributed by atoms with E-state index >= 15 is 0 Å². The van der Waals surface area contributed by atoms with Crippen molar-refractivity contribution in [3.8, 4) is 5.95 Å². The van der Waals surface area contributed by atoms with Crippen molar-refractivity contribution in [3.05, 3.63) is 81.3 Å². The minimum absolute atomic E-state index is 0.0620. The van der Waals surface area contributed by atoms with E-state index in [2.05, 4.69) is 34.1 Å². The molecule has 24 heavy (non-hydrogen) atoms. The summed E-state index contributed by atoms with van der Waals surface area (Å²) in [5.74, 6) is 0.514. The quantitative estimate of drug-likeness (QED) is 0.609. The van der Waals surface area contributed by atoms with Gasteiger partial charge < -0.3 is 4.98 Å². The Hall–Kier alpha value is -3.08. The van der Waals surface area contributed by atoms with Crippen molar-refractivity contribution in [1.82, 2.24) is 19.7 Å². The molecule has 0 amide bonds. The highest BCUT2D eigenvalue weighted by molar-refractivity contribution is 5.75. The molecule has 2 N–H and O–H groups in total. The lowest BCUT2D eigenvalue weighted by Gasteiger charge is -2.00. The third kappa shape index (κ3) is 2.44. The number of imidazole rings is 1. The number of fused-ring (bicyclic) bond motifs is 1. The number of hydrogen-bond donors (Lipinski definition) is 2. The number of benzene rings is 2. The van der Waals surface area contributed by atoms with Crippen LogP contribution in [0.5, 0.6) is 0 Å². The maximum Gasteiger partial charge on any atom is 0.277 e. The van der Waals surface area contributed by atoms with Gasteiger partial charge in [-0.05, 0) is 31.5 Å². The topological polar surface area (TPSA) is 66.5 Å². The fourth-order valence-electron chi connectivity index (χ4n) is 3.01. The van der Waals surface area contributed by atoms with E-state index in [4.69, 9.17) is 0 Å². The SMILES string of the molecule is Cc1cccc(Cc2c(C)[nH]n(-c3nc4ccccc4[nH]3)c2=O)c1. The van der Waals surface area contributed by atoms with E-state index in [1.165, 1.54) is 10.2 Å². The van der Waals surface area contributed by atoms with Crippen LogP contribution in [0.3, 0.4) is 0 Å². The summed E-state index contributed by atoms with van der Waals surface area (Å²) in [7, 11) is 0. The molecule has 2 heterocycles. The normalized spacial score (nSPS) is 11.2. The fraction of sp³-hybridized carbons (Fsp3) is 0.158. The zero-order valence-electron chi connectivity index (χ0n) is 13.6. The monoisotopic (exact) mass is 318 g/mol. The minimum Gasteiger partial charge on any atom is -0.322 e. The van der Waals surface area contributed by atoms with Gasteiger partial charge in [-0.3, -0.25) is 9.89 Å². The molecular weight excluding hydrogens is 300 g/mol. The van der Waals surface area contributed by atoms with E-state index in [-0.39, 0.29) is 5.56 Å². The van der Waals surface area contributed by atoms with Gasteiger partial charge in [0.05, 0.1) is 11.0 Å². The van der Waals surface area contributed by atoms with Crippen LogP contribution in [-0.2, 0) is 6.42 Å². The molecule has 0 saturated heterocycles. The zero-order chi connectivity index (χ0) is 16.7. The number of nitrogens with one attached hydrogen (secondary N) is 2. The van der Waals surface area contributed by atoms with Crippen molar-refractivity contribution in [2.24, 2.45) is 0 Å². The number of H-pyrrole nitrogens is 2. The number of hydrogen-bond acceptors (Lipinski definition) is 2. The van der Waals surface area contributed by atoms with E-state index in [1.807, 2.05) is 43.3 Å². The molecule has 5 heteroatoms. The van der Waals surface area contributed by atoms with Gasteiger partial charge in [-0.1, -0.05) is 42.0 Å². The van der Waals surface area contributed by atoms with Crippen LogP contribution in [0, 0.1) is 13.8 Å². The second-order valence-electron chi connectivity index (χ2n) is 6.10. The summed E-state index contributed by atoms with van der Waals surface area (Å²) in [4.78, 5) is 20.5. The Morgan fingerprint density at radius 1 is 1.08 bits per heavy atom. The largest absolute Gasteiger partial charge is 0.322 e. The van der Waals surface area contributed by atoms with Crippen molar-refractivity contribution in [2.75, 3.05) is 0 Å². The summed E-state index contributed by atoms with van der Waals surface area (Å²) < 4.78 is 1.49. The molecule has 0 aliphatic heterocycles. The molecule has 0 aliphatic rings. The molecule has 120 valence electrons. The average Bonchev–Trinajstić information content (AvgIpc) is 3.11. The Kier molecular flexibility index (Phi) is 3.34. The van der Waals surface area contributed by atoms with Crippen LogP contribution in [0.25, 0.3) is 17.0 Å². The van der Waals surface area contributed by atoms with E-state index in [9.17, 15) is 4.79 Å². The molecule has 0 atom stereocenters. The number of aryl methyl sites for hydroxylation is 2. The molecule has 0 aliphatic carbocycles. The first-order valence-corrected chi connectivity index (χ1v) is 7.93. The number of aromatic amines is 2. The van der Waals surface area contributed by atoms with Crippen molar-refractivity contribution < 1.29 is 0 Å². The van der Waals surface area contributed by atoms with Gasteiger partial charge in [0.25, 0.3) is 5.56 Å². The van der Waals surface area contributed by atoms with Crippen LogP contribution < -0.4 is 5.56 Å². The van der Waals surface area contributed by atoms with Crippen molar-refractivity contribution in [1.29, 1.82) is 0 Å². The smallest absolute Gasteiger partial charge is 0.277 e. The molecule has 0 bridgehead atoms. The minimum atomic E-state index is -0.0620. The molecule has 2 aromatic carbocycles. The van der Waals surface area contributed by atoms with Crippen LogP contribution in [0.15, 0.2) is 53.3 Å². The van der Waals surface area contributed by atoms with E-state index in [1.54, 1.807) is 0 Å². The lowest BCUT2D eigenvalue weighted by molar-refractivity contribution is 0.790. The standard InChI is InChI=1S/C19H18N4O/c1-12-6-5-7-14(10-12)11-15-13(2)22-23(18(15)24)19-20-16-8-3-4-9-17(16)21-19/h3-10,22H,11H2,1-2H3,(H,20,21). The maximum atomic E-state index is 12.8. The Balaban J connectivity index is 1.77. The first-order valence-electron chi connectivity index (χ1n) is 7.93. The second-order valence-corrected chi connectivity index (χ2v) is 6.10. The summed E-state index contributed by atoms with van der Waals surface area (Å²) in [6.07, 6.45) is 0.607. The van der Waals surface area contributed by atoms with E-state index < -0.39 is 0 Å². The van der Waals surface area contributed by atoms with Crippen molar-refractivity contribution in [2.45, 2.75) is 20.3 Å². The number of nitrogens with zero attached hydrogens (tertiary/aromatic N) is 2. The lowest BCUT2D eigenvalue weighted by atomic mass is 10.0. The molecule has 2 aromatic heterocycles. The van der Waals surface area contributed by atoms with Crippen molar-refractivity contribution in [3.63, 3.8) is 0 Å². The Morgan fingerprint density at radius 2 is 1.92 bits per heavy atom. The molecule has 0 saturated carbocycles. The van der Waals surface area contributed by atoms with Gasteiger partial charge in [-0.2, -0.15) is 4.68 Å². The zero-order valence-corrected chi connectivity index (χ0v) is 13.6. The first-order chi connectivity index (χ1) is 11.6. The third-order valence-corrected chi connectivity index (χ3v) is 4.25. The molecule has 0 radical (unpaired) electrons. The van der Waals surface area contributed by atoms with Gasteiger partial charge in [-0.25, -0.2) is 4.98 Å². The third-order valence-electron chi connectivity index (χ3n) is 4.25. The average molecular weight is 318 g/mol. The summed E-state index contributed by atoms with van der Waals surface area (Å²) in [6.45, 7) is 3.98. The molecule has 0 spiro atoms. The number of aromatic nitrogens is 4. The van der Waals surface area contributed by atoms with Crippen LogP contribution in [0.1, 0.15) is 22.4 Å². The van der Waals surface area contributed by atoms with Gasteiger partial charge in [0.2, 0.25) is 5.95 Å². The number of rotatable bonds is 3. The Bertz CT molecular complexity index is 1050. The van der Waals surface area contributed by atoms with Gasteiger partial charge in [0.15, 0.2) is 0 Å². The summed E-state index contributed by atoms with van der Waals surface area (Å²) in [5, 5.41) is 3.14. The number of para-hydroxylation sites is 2. The molecule has 0 fully saturated rings. The van der Waals surface area contributed by atoms with Gasteiger partial charge in [0.1, 0.15) is 0 Å². The molecule has 0 unspecified atom stereocenters. The first kappa shape index (κ1) is 14.5. The van der Waals surface area contributed by atoms with Crippen LogP contribution in [0.4, 0.5) is 0 Å². The summed E-state index contributed by atoms with van der Waals surface area (Å²) >= 11 is 0. The van der Waals surface area contributed by atoms with Gasteiger partial charge >= 0.3 is 0 Å². The van der Waals surface area contributed by atoms with E-state index in [0.717, 1.165) is 27.9 Å². The highest BCUT2D eigenvalue weighted by Gasteiger charge is 2.15. The van der Waals surface area contributed by atoms with Crippen LogP contribution in [0.2, 0.25) is 0 Å².